The smallest absolute Gasteiger partial charge is 0.462 e. The molecule has 0 fully saturated rings. The van der Waals surface area contributed by atoms with E-state index in [1.807, 2.05) is 21.1 Å². The molecule has 0 aliphatic rings. The molecule has 0 aromatic rings. The molecule has 2 unspecified atom stereocenters. The zero-order chi connectivity index (χ0) is 47.8. The lowest BCUT2D eigenvalue weighted by Crippen LogP contribution is -2.37. The Labute approximate surface area is 399 Å². The van der Waals surface area contributed by atoms with Gasteiger partial charge in [-0.2, -0.15) is 0 Å². The number of rotatable bonds is 46. The van der Waals surface area contributed by atoms with E-state index in [4.69, 9.17) is 18.5 Å². The summed E-state index contributed by atoms with van der Waals surface area (Å²) in [5.41, 5.74) is 0. The second-order valence-electron chi connectivity index (χ2n) is 18.2. The number of nitrogens with zero attached hydrogens (tertiary/aromatic N) is 1. The molecule has 0 aliphatic carbocycles. The summed E-state index contributed by atoms with van der Waals surface area (Å²) in [6.07, 6.45) is 60.8. The van der Waals surface area contributed by atoms with Crippen LogP contribution in [-0.2, 0) is 32.7 Å². The molecular weight excluding hydrogens is 834 g/mol. The second-order valence-corrected chi connectivity index (χ2v) is 19.6. The van der Waals surface area contributed by atoms with E-state index in [9.17, 15) is 19.0 Å². The normalized spacial score (nSPS) is 14.1. The second kappa shape index (κ2) is 46.3. The Morgan fingerprint density at radius 1 is 0.492 bits per heavy atom. The number of hydrogen-bond acceptors (Lipinski definition) is 7. The number of phosphoric acid groups is 1. The van der Waals surface area contributed by atoms with Crippen LogP contribution in [0.3, 0.4) is 0 Å². The minimum atomic E-state index is -4.38. The van der Waals surface area contributed by atoms with Crippen LogP contribution in [0, 0.1) is 0 Å². The molecule has 0 radical (unpaired) electrons. The summed E-state index contributed by atoms with van der Waals surface area (Å²) < 4.78 is 34.3. The lowest BCUT2D eigenvalue weighted by Gasteiger charge is -2.24. The molecule has 10 heteroatoms. The molecule has 0 amide bonds. The topological polar surface area (TPSA) is 108 Å². The largest absolute Gasteiger partial charge is 0.472 e. The number of carbonyl (C=O) groups is 2. The first-order valence-electron chi connectivity index (χ1n) is 25.8. The minimum absolute atomic E-state index is 0.0269. The maximum Gasteiger partial charge on any atom is 0.472 e. The first kappa shape index (κ1) is 62.2. The molecular formula is C55H97NO8P+. The van der Waals surface area contributed by atoms with E-state index < -0.39 is 26.5 Å². The molecule has 0 aliphatic heterocycles. The van der Waals surface area contributed by atoms with Gasteiger partial charge in [0.1, 0.15) is 19.8 Å². The highest BCUT2D eigenvalue weighted by atomic mass is 31.2. The van der Waals surface area contributed by atoms with Crippen molar-refractivity contribution >= 4 is 19.8 Å². The molecule has 1 N–H and O–H groups in total. The van der Waals surface area contributed by atoms with E-state index in [1.54, 1.807) is 0 Å². The predicted octanol–water partition coefficient (Wildman–Crippen LogP) is 15.5. The van der Waals surface area contributed by atoms with E-state index in [1.165, 1.54) is 64.2 Å². The fourth-order valence-corrected chi connectivity index (χ4v) is 7.41. The average Bonchev–Trinajstić information content (AvgIpc) is 3.26. The molecule has 374 valence electrons. The minimum Gasteiger partial charge on any atom is -0.462 e. The lowest BCUT2D eigenvalue weighted by atomic mass is 10.0. The molecule has 9 nitrogen and oxygen atoms in total. The number of ether oxygens (including phenoxy) is 2. The van der Waals surface area contributed by atoms with Crippen molar-refractivity contribution in [1.29, 1.82) is 0 Å². The van der Waals surface area contributed by atoms with Crippen LogP contribution >= 0.6 is 7.82 Å². The predicted molar refractivity (Wildman–Crippen MR) is 275 cm³/mol. The van der Waals surface area contributed by atoms with Gasteiger partial charge in [0.05, 0.1) is 27.7 Å². The van der Waals surface area contributed by atoms with Gasteiger partial charge in [0.25, 0.3) is 0 Å². The first-order valence-corrected chi connectivity index (χ1v) is 27.3. The van der Waals surface area contributed by atoms with Crippen molar-refractivity contribution < 1.29 is 42.1 Å². The number of unbranched alkanes of at least 4 members (excludes halogenated alkanes) is 18. The fraction of sp³-hybridized carbons (Fsp3) is 0.709. The quantitative estimate of drug-likeness (QED) is 0.0211. The van der Waals surface area contributed by atoms with Gasteiger partial charge in [0.15, 0.2) is 6.10 Å². The molecule has 0 saturated heterocycles. The molecule has 0 aromatic heterocycles. The molecule has 0 heterocycles. The monoisotopic (exact) mass is 931 g/mol. The van der Waals surface area contributed by atoms with E-state index in [0.717, 1.165) is 103 Å². The molecule has 65 heavy (non-hydrogen) atoms. The highest BCUT2D eigenvalue weighted by Crippen LogP contribution is 2.43. The Morgan fingerprint density at radius 3 is 1.32 bits per heavy atom. The van der Waals surface area contributed by atoms with Crippen LogP contribution in [0.1, 0.15) is 200 Å². The Hall–Kier alpha value is -2.81. The number of allylic oxidation sites excluding steroid dienone is 14. The summed E-state index contributed by atoms with van der Waals surface area (Å²) in [6, 6.07) is 0. The average molecular weight is 931 g/mol. The Kier molecular flexibility index (Phi) is 44.3. The highest BCUT2D eigenvalue weighted by molar-refractivity contribution is 7.47. The number of likely N-dealkylation sites (N-methyl/N-ethyl adjacent to an activating group) is 1. The summed E-state index contributed by atoms with van der Waals surface area (Å²) in [7, 11) is 1.46. The van der Waals surface area contributed by atoms with Crippen molar-refractivity contribution in [1.82, 2.24) is 0 Å². The van der Waals surface area contributed by atoms with Gasteiger partial charge in [-0.05, 0) is 83.5 Å². The van der Waals surface area contributed by atoms with Crippen LogP contribution in [-0.4, -0.2) is 74.9 Å². The van der Waals surface area contributed by atoms with Crippen molar-refractivity contribution in [3.63, 3.8) is 0 Å². The zero-order valence-corrected chi connectivity index (χ0v) is 43.1. The van der Waals surface area contributed by atoms with E-state index in [2.05, 4.69) is 98.9 Å². The van der Waals surface area contributed by atoms with Crippen LogP contribution in [0.2, 0.25) is 0 Å². The van der Waals surface area contributed by atoms with Gasteiger partial charge < -0.3 is 18.9 Å². The summed E-state index contributed by atoms with van der Waals surface area (Å²) in [5, 5.41) is 0. The van der Waals surface area contributed by atoms with E-state index in [0.29, 0.717) is 17.4 Å². The van der Waals surface area contributed by atoms with Gasteiger partial charge in [-0.15, -0.1) is 0 Å². The zero-order valence-electron chi connectivity index (χ0n) is 42.2. The molecule has 2 atom stereocenters. The van der Waals surface area contributed by atoms with Gasteiger partial charge in [-0.3, -0.25) is 18.6 Å². The fourth-order valence-electron chi connectivity index (χ4n) is 6.67. The number of phosphoric ester groups is 1. The van der Waals surface area contributed by atoms with Gasteiger partial charge in [0.2, 0.25) is 0 Å². The van der Waals surface area contributed by atoms with Crippen LogP contribution in [0.25, 0.3) is 0 Å². The van der Waals surface area contributed by atoms with E-state index >= 15 is 0 Å². The van der Waals surface area contributed by atoms with Gasteiger partial charge in [-0.1, -0.05) is 189 Å². The van der Waals surface area contributed by atoms with Gasteiger partial charge in [-0.25, -0.2) is 4.57 Å². The molecule has 0 saturated carbocycles. The Morgan fingerprint density at radius 2 is 0.877 bits per heavy atom. The van der Waals surface area contributed by atoms with Gasteiger partial charge >= 0.3 is 19.8 Å². The third-order valence-corrected chi connectivity index (χ3v) is 11.6. The number of hydrogen-bond donors (Lipinski definition) is 1. The number of esters is 2. The van der Waals surface area contributed by atoms with Crippen LogP contribution in [0.5, 0.6) is 0 Å². The molecule has 0 rings (SSSR count). The Bertz CT molecular complexity index is 1380. The van der Waals surface area contributed by atoms with Crippen molar-refractivity contribution in [2.24, 2.45) is 0 Å². The summed E-state index contributed by atoms with van der Waals surface area (Å²) in [5.74, 6) is -0.817. The third-order valence-electron chi connectivity index (χ3n) is 10.6. The van der Waals surface area contributed by atoms with Crippen molar-refractivity contribution in [2.75, 3.05) is 47.5 Å². The number of quaternary nitrogens is 1. The summed E-state index contributed by atoms with van der Waals surface area (Å²) in [6.45, 7) is 4.23. The maximum atomic E-state index is 12.7. The third kappa shape index (κ3) is 50.4. The highest BCUT2D eigenvalue weighted by Gasteiger charge is 2.27. The summed E-state index contributed by atoms with van der Waals surface area (Å²) in [4.78, 5) is 35.4. The maximum absolute atomic E-state index is 12.7. The van der Waals surface area contributed by atoms with Gasteiger partial charge in [0, 0.05) is 12.8 Å². The van der Waals surface area contributed by atoms with Crippen molar-refractivity contribution in [2.45, 2.75) is 206 Å². The summed E-state index contributed by atoms with van der Waals surface area (Å²) >= 11 is 0. The van der Waals surface area contributed by atoms with Crippen LogP contribution < -0.4 is 0 Å². The molecule has 0 spiro atoms. The van der Waals surface area contributed by atoms with Crippen molar-refractivity contribution in [3.05, 3.63) is 85.1 Å². The van der Waals surface area contributed by atoms with Crippen molar-refractivity contribution in [3.8, 4) is 0 Å². The van der Waals surface area contributed by atoms with Crippen LogP contribution in [0.15, 0.2) is 85.1 Å². The standard InChI is InChI=1S/C55H96NO8P/c1-6-8-10-12-14-16-18-19-20-21-22-23-24-25-26-27-28-29-30-31-32-33-34-35-36-37-38-40-42-44-46-48-55(58)64-53(52-63-65(59,60)62-50-49-56(3,4)5)51-61-54(57)47-45-43-41-39-17-15-13-11-9-7-2/h8,10-11,13-14,16,19-20,22-23,25-26,28-29,53H,6-7,9,12,15,17-18,21,24,27,30-52H2,1-5H3/p+1/b10-8-,13-11-,16-14-,20-19-,23-22-,26-25-,29-28-. The Balaban J connectivity index is 4.10. The lowest BCUT2D eigenvalue weighted by molar-refractivity contribution is -0.870. The van der Waals surface area contributed by atoms with Crippen LogP contribution in [0.4, 0.5) is 0 Å². The molecule has 0 bridgehead atoms. The number of carbonyl (C=O) groups excluding carboxylic acids is 2. The first-order chi connectivity index (χ1) is 31.5. The van der Waals surface area contributed by atoms with E-state index in [-0.39, 0.29) is 32.0 Å². The SMILES string of the molecule is CC/C=C\C/C=C\C/C=C\C/C=C\C/C=C\C/C=C\CCCCCCCCCCCCCCC(=O)OC(COC(=O)CCCCCCC/C=C\CCC)COP(=O)(O)OCC[N+](C)(C)C. The molecule has 0 aromatic carbocycles.